The van der Waals surface area contributed by atoms with Crippen molar-refractivity contribution in [2.45, 2.75) is 37.0 Å². The monoisotopic (exact) mass is 411 g/mol. The number of hydrogen-bond donors (Lipinski definition) is 1. The van der Waals surface area contributed by atoms with Crippen LogP contribution in [-0.4, -0.2) is 23.5 Å². The lowest BCUT2D eigenvalue weighted by Crippen LogP contribution is -2.37. The zero-order valence-electron chi connectivity index (χ0n) is 10.0. The van der Waals surface area contributed by atoms with Gasteiger partial charge in [0.15, 0.2) is 0 Å². The van der Waals surface area contributed by atoms with Crippen LogP contribution in [0.1, 0.15) is 35.4 Å². The molecule has 0 atom stereocenters. The number of nitrogens with one attached hydrogen (secondary N) is 1. The Labute approximate surface area is 133 Å². The van der Waals surface area contributed by atoms with Crippen molar-refractivity contribution in [1.29, 1.82) is 0 Å². The Morgan fingerprint density at radius 3 is 2.56 bits per heavy atom. The van der Waals surface area contributed by atoms with Crippen LogP contribution in [0.25, 0.3) is 0 Å². The van der Waals surface area contributed by atoms with Gasteiger partial charge < -0.3 is 5.32 Å². The van der Waals surface area contributed by atoms with Crippen molar-refractivity contribution in [3.63, 3.8) is 0 Å². The molecular formula is C12H15Br2NOS2. The highest BCUT2D eigenvalue weighted by Gasteiger charge is 2.22. The van der Waals surface area contributed by atoms with E-state index in [1.807, 2.05) is 17.8 Å². The second kappa shape index (κ2) is 6.77. The number of hydrogen-bond acceptors (Lipinski definition) is 3. The standard InChI is InChI=1S/C12H15Br2NOS2/c1-17-8-4-2-7(3-5-8)15-12(16)10-6-9(13)11(14)18-10/h6-8H,2-5H2,1H3,(H,15,16). The van der Waals surface area contributed by atoms with E-state index in [1.165, 1.54) is 24.2 Å². The van der Waals surface area contributed by atoms with Crippen LogP contribution in [0.3, 0.4) is 0 Å². The minimum atomic E-state index is 0.0546. The molecule has 1 saturated carbocycles. The highest BCUT2D eigenvalue weighted by atomic mass is 79.9. The molecule has 1 heterocycles. The molecule has 0 unspecified atom stereocenters. The molecule has 6 heteroatoms. The smallest absolute Gasteiger partial charge is 0.261 e. The average Bonchev–Trinajstić information content (AvgIpc) is 2.71. The van der Waals surface area contributed by atoms with Crippen LogP contribution in [0.15, 0.2) is 14.3 Å². The third-order valence-electron chi connectivity index (χ3n) is 3.21. The van der Waals surface area contributed by atoms with Gasteiger partial charge in [-0.1, -0.05) is 0 Å². The molecule has 2 nitrogen and oxygen atoms in total. The molecule has 1 aromatic heterocycles. The summed E-state index contributed by atoms with van der Waals surface area (Å²) in [4.78, 5) is 12.8. The van der Waals surface area contributed by atoms with Crippen LogP contribution in [0.2, 0.25) is 0 Å². The third-order valence-corrected chi connectivity index (χ3v) is 7.60. The van der Waals surface area contributed by atoms with Crippen molar-refractivity contribution in [3.8, 4) is 0 Å². The van der Waals surface area contributed by atoms with Gasteiger partial charge in [-0.25, -0.2) is 0 Å². The second-order valence-electron chi connectivity index (χ2n) is 4.42. The topological polar surface area (TPSA) is 29.1 Å². The lowest BCUT2D eigenvalue weighted by atomic mass is 9.95. The predicted octanol–water partition coefficient (Wildman–Crippen LogP) is 4.68. The normalized spacial score (nSPS) is 23.9. The molecule has 1 aliphatic rings. The Morgan fingerprint density at radius 2 is 2.06 bits per heavy atom. The molecule has 0 spiro atoms. The minimum Gasteiger partial charge on any atom is -0.349 e. The van der Waals surface area contributed by atoms with Crippen molar-refractivity contribution in [3.05, 3.63) is 19.2 Å². The molecule has 100 valence electrons. The van der Waals surface area contributed by atoms with Gasteiger partial charge in [0.25, 0.3) is 5.91 Å². The maximum absolute atomic E-state index is 12.1. The van der Waals surface area contributed by atoms with Gasteiger partial charge in [0, 0.05) is 15.8 Å². The number of thioether (sulfide) groups is 1. The summed E-state index contributed by atoms with van der Waals surface area (Å²) in [5.74, 6) is 0.0546. The summed E-state index contributed by atoms with van der Waals surface area (Å²) in [5, 5.41) is 3.92. The van der Waals surface area contributed by atoms with E-state index in [1.54, 1.807) is 0 Å². The summed E-state index contributed by atoms with van der Waals surface area (Å²) in [6, 6.07) is 2.22. The number of carbonyl (C=O) groups is 1. The summed E-state index contributed by atoms with van der Waals surface area (Å²) in [6.45, 7) is 0. The Hall–Kier alpha value is 0.480. The first-order chi connectivity index (χ1) is 8.60. The van der Waals surface area contributed by atoms with E-state index >= 15 is 0 Å². The molecule has 1 fully saturated rings. The fourth-order valence-electron chi connectivity index (χ4n) is 2.16. The van der Waals surface area contributed by atoms with Crippen LogP contribution < -0.4 is 5.32 Å². The Bertz CT molecular complexity index is 408. The first-order valence-corrected chi connectivity index (χ1v) is 9.57. The summed E-state index contributed by atoms with van der Waals surface area (Å²) in [5.41, 5.74) is 0. The van der Waals surface area contributed by atoms with Crippen LogP contribution in [0.4, 0.5) is 0 Å². The largest absolute Gasteiger partial charge is 0.349 e. The van der Waals surface area contributed by atoms with E-state index in [2.05, 4.69) is 43.4 Å². The number of rotatable bonds is 3. The molecule has 1 aromatic rings. The SMILES string of the molecule is CSC1CCC(NC(=O)c2cc(Br)c(Br)s2)CC1. The van der Waals surface area contributed by atoms with Crippen molar-refractivity contribution in [2.75, 3.05) is 6.26 Å². The van der Waals surface area contributed by atoms with Gasteiger partial charge in [0.2, 0.25) is 0 Å². The maximum Gasteiger partial charge on any atom is 0.261 e. The van der Waals surface area contributed by atoms with Crippen LogP contribution in [0, 0.1) is 0 Å². The molecular weight excluding hydrogens is 398 g/mol. The molecule has 0 bridgehead atoms. The van der Waals surface area contributed by atoms with Crippen LogP contribution >= 0.6 is 55.0 Å². The molecule has 0 radical (unpaired) electrons. The summed E-state index contributed by atoms with van der Waals surface area (Å²) in [6.07, 6.45) is 6.80. The van der Waals surface area contributed by atoms with Gasteiger partial charge in [-0.3, -0.25) is 4.79 Å². The quantitative estimate of drug-likeness (QED) is 0.780. The Balaban J connectivity index is 1.88. The van der Waals surface area contributed by atoms with Crippen LogP contribution in [0.5, 0.6) is 0 Å². The Morgan fingerprint density at radius 1 is 1.39 bits per heavy atom. The molecule has 1 N–H and O–H groups in total. The highest BCUT2D eigenvalue weighted by Crippen LogP contribution is 2.33. The van der Waals surface area contributed by atoms with E-state index in [-0.39, 0.29) is 5.91 Å². The molecule has 18 heavy (non-hydrogen) atoms. The van der Waals surface area contributed by atoms with E-state index in [0.29, 0.717) is 6.04 Å². The van der Waals surface area contributed by atoms with E-state index in [0.717, 1.165) is 31.2 Å². The molecule has 2 rings (SSSR count). The number of amides is 1. The van der Waals surface area contributed by atoms with Gasteiger partial charge in [-0.05, 0) is 69.9 Å². The fourth-order valence-corrected chi connectivity index (χ4v) is 4.84. The molecule has 1 amide bonds. The second-order valence-corrected chi connectivity index (χ2v) is 8.78. The number of halogens is 2. The van der Waals surface area contributed by atoms with Crippen molar-refractivity contribution in [2.24, 2.45) is 0 Å². The van der Waals surface area contributed by atoms with Gasteiger partial charge in [0.05, 0.1) is 8.66 Å². The number of thiophene rings is 1. The predicted molar refractivity (Wildman–Crippen MR) is 86.7 cm³/mol. The summed E-state index contributed by atoms with van der Waals surface area (Å²) >= 11 is 10.2. The first-order valence-electron chi connectivity index (χ1n) is 5.88. The lowest BCUT2D eigenvalue weighted by molar-refractivity contribution is 0.0932. The average molecular weight is 413 g/mol. The van der Waals surface area contributed by atoms with Crippen molar-refractivity contribution in [1.82, 2.24) is 5.32 Å². The zero-order valence-corrected chi connectivity index (χ0v) is 14.8. The van der Waals surface area contributed by atoms with E-state index < -0.39 is 0 Å². The highest BCUT2D eigenvalue weighted by molar-refractivity contribution is 9.13. The van der Waals surface area contributed by atoms with Gasteiger partial charge in [-0.15, -0.1) is 11.3 Å². The third kappa shape index (κ3) is 3.74. The molecule has 0 aliphatic heterocycles. The Kier molecular flexibility index (Phi) is 5.60. The van der Waals surface area contributed by atoms with E-state index in [4.69, 9.17) is 0 Å². The van der Waals surface area contributed by atoms with Crippen molar-refractivity contribution >= 4 is 60.9 Å². The van der Waals surface area contributed by atoms with Crippen LogP contribution in [-0.2, 0) is 0 Å². The first kappa shape index (κ1) is 14.9. The fraction of sp³-hybridized carbons (Fsp3) is 0.583. The lowest BCUT2D eigenvalue weighted by Gasteiger charge is -2.27. The summed E-state index contributed by atoms with van der Waals surface area (Å²) < 4.78 is 1.92. The zero-order chi connectivity index (χ0) is 13.1. The molecule has 1 aliphatic carbocycles. The van der Waals surface area contributed by atoms with Crippen molar-refractivity contribution < 1.29 is 4.79 Å². The molecule has 0 aromatic carbocycles. The van der Waals surface area contributed by atoms with Gasteiger partial charge in [0.1, 0.15) is 0 Å². The van der Waals surface area contributed by atoms with Gasteiger partial charge in [-0.2, -0.15) is 11.8 Å². The van der Waals surface area contributed by atoms with Gasteiger partial charge >= 0.3 is 0 Å². The maximum atomic E-state index is 12.1. The minimum absolute atomic E-state index is 0.0546. The van der Waals surface area contributed by atoms with E-state index in [9.17, 15) is 4.79 Å². The summed E-state index contributed by atoms with van der Waals surface area (Å²) in [7, 11) is 0. The molecule has 0 saturated heterocycles. The number of carbonyl (C=O) groups excluding carboxylic acids is 1.